The van der Waals surface area contributed by atoms with Crippen LogP contribution in [0.2, 0.25) is 0 Å². The highest BCUT2D eigenvalue weighted by Gasteiger charge is 2.27. The topological polar surface area (TPSA) is 149 Å². The number of rotatable bonds is 33. The Kier molecular flexibility index (Phi) is 30.9. The average Bonchev–Trinajstić information content (AvgIpc) is 3.04. The van der Waals surface area contributed by atoms with Gasteiger partial charge in [0.05, 0.1) is 19.8 Å². The van der Waals surface area contributed by atoms with E-state index in [2.05, 4.69) is 42.7 Å². The molecule has 0 aliphatic heterocycles. The van der Waals surface area contributed by atoms with Crippen LogP contribution in [0.15, 0.2) is 24.3 Å². The molecule has 0 spiro atoms. The van der Waals surface area contributed by atoms with Crippen LogP contribution < -0.4 is 0 Å². The van der Waals surface area contributed by atoms with E-state index in [-0.39, 0.29) is 19.4 Å². The van der Waals surface area contributed by atoms with Crippen LogP contribution in [0.3, 0.4) is 0 Å². The Morgan fingerprint density at radius 1 is 0.652 bits per heavy atom. The molecule has 10 nitrogen and oxygen atoms in total. The molecule has 0 aromatic carbocycles. The summed E-state index contributed by atoms with van der Waals surface area (Å²) in [6.07, 6.45) is 27.4. The van der Waals surface area contributed by atoms with Gasteiger partial charge in [0.25, 0.3) is 0 Å². The van der Waals surface area contributed by atoms with E-state index in [0.29, 0.717) is 12.8 Å². The minimum atomic E-state index is -4.61. The summed E-state index contributed by atoms with van der Waals surface area (Å²) in [5, 5.41) is 18.2. The van der Waals surface area contributed by atoms with Crippen LogP contribution in [-0.4, -0.2) is 65.7 Å². The van der Waals surface area contributed by atoms with Gasteiger partial charge in [-0.2, -0.15) is 0 Å². The second-order valence-electron chi connectivity index (χ2n) is 11.9. The number of phosphoric ester groups is 1. The number of hydrogen-bond donors (Lipinski definition) is 3. The van der Waals surface area contributed by atoms with E-state index in [1.54, 1.807) is 0 Å². The van der Waals surface area contributed by atoms with Crippen molar-refractivity contribution in [1.82, 2.24) is 0 Å². The van der Waals surface area contributed by atoms with Crippen molar-refractivity contribution in [1.29, 1.82) is 0 Å². The zero-order chi connectivity index (χ0) is 34.1. The first kappa shape index (κ1) is 44.5. The molecule has 0 fully saturated rings. The Bertz CT molecular complexity index is 832. The van der Waals surface area contributed by atoms with Crippen molar-refractivity contribution in [2.75, 3.05) is 26.4 Å². The lowest BCUT2D eigenvalue weighted by Crippen LogP contribution is -2.29. The molecule has 46 heavy (non-hydrogen) atoms. The summed E-state index contributed by atoms with van der Waals surface area (Å²) in [4.78, 5) is 34.6. The van der Waals surface area contributed by atoms with Crippen LogP contribution in [-0.2, 0) is 32.7 Å². The molecule has 1 unspecified atom stereocenters. The van der Waals surface area contributed by atoms with Crippen molar-refractivity contribution < 1.29 is 47.8 Å². The largest absolute Gasteiger partial charge is 0.472 e. The summed E-state index contributed by atoms with van der Waals surface area (Å²) >= 11 is 0. The normalized spacial score (nSPS) is 14.5. The summed E-state index contributed by atoms with van der Waals surface area (Å²) in [5.74, 6) is -0.968. The summed E-state index contributed by atoms with van der Waals surface area (Å²) in [6.45, 7) is 2.27. The maximum atomic E-state index is 12.4. The van der Waals surface area contributed by atoms with E-state index >= 15 is 0 Å². The maximum absolute atomic E-state index is 12.4. The number of esters is 2. The molecule has 0 saturated carbocycles. The molecule has 270 valence electrons. The van der Waals surface area contributed by atoms with Crippen LogP contribution in [0, 0.1) is 0 Å². The molecule has 11 heteroatoms. The molecule has 3 N–H and O–H groups in total. The Morgan fingerprint density at radius 2 is 1.13 bits per heavy atom. The standard InChI is InChI=1S/C35H65O10P/c1-3-5-7-9-11-13-14-15-16-17-18-19-21-22-24-26-34(38)42-30-33(31-44-46(40,41)43-29-32(37)28-36)45-35(39)27-25-23-20-12-10-8-6-4-2/h15-16,18-19,32-33,36-37H,3-14,17,20-31H2,1-2H3,(H,40,41)/b16-15+,19-18+/t32-,33+/m1/s1. The van der Waals surface area contributed by atoms with Crippen LogP contribution in [0.25, 0.3) is 0 Å². The summed E-state index contributed by atoms with van der Waals surface area (Å²) < 4.78 is 32.4. The molecule has 0 radical (unpaired) electrons. The van der Waals surface area contributed by atoms with Gasteiger partial charge in [0.15, 0.2) is 6.10 Å². The average molecular weight is 677 g/mol. The number of phosphoric acid groups is 1. The van der Waals surface area contributed by atoms with Gasteiger partial charge in [-0.1, -0.05) is 115 Å². The molecule has 0 aliphatic carbocycles. The van der Waals surface area contributed by atoms with E-state index in [1.165, 1.54) is 64.2 Å². The van der Waals surface area contributed by atoms with Crippen LogP contribution in [0.5, 0.6) is 0 Å². The zero-order valence-electron chi connectivity index (χ0n) is 28.8. The monoisotopic (exact) mass is 676 g/mol. The number of ether oxygens (including phenoxy) is 2. The van der Waals surface area contributed by atoms with Crippen LogP contribution in [0.4, 0.5) is 0 Å². The highest BCUT2D eigenvalue weighted by Crippen LogP contribution is 2.43. The molecule has 0 saturated heterocycles. The molecular weight excluding hydrogens is 611 g/mol. The first-order valence-corrected chi connectivity index (χ1v) is 19.3. The van der Waals surface area contributed by atoms with Crippen molar-refractivity contribution in [3.05, 3.63) is 24.3 Å². The maximum Gasteiger partial charge on any atom is 0.472 e. The Balaban J connectivity index is 4.41. The second kappa shape index (κ2) is 32.0. The lowest BCUT2D eigenvalue weighted by Gasteiger charge is -2.20. The number of aliphatic hydroxyl groups excluding tert-OH is 2. The molecule has 0 rings (SSSR count). The molecule has 0 bridgehead atoms. The number of carbonyl (C=O) groups is 2. The fourth-order valence-electron chi connectivity index (χ4n) is 4.55. The van der Waals surface area contributed by atoms with Crippen molar-refractivity contribution in [2.45, 2.75) is 161 Å². The third-order valence-corrected chi connectivity index (χ3v) is 8.31. The van der Waals surface area contributed by atoms with E-state index in [9.17, 15) is 24.2 Å². The Hall–Kier alpha value is -1.55. The van der Waals surface area contributed by atoms with Crippen molar-refractivity contribution in [2.24, 2.45) is 0 Å². The SMILES string of the molecule is CCCCCCCC/C=C/C/C=C/CCCCC(=O)OC[C@@H](COP(=O)(O)OC[C@H](O)CO)OC(=O)CCCCCCCCCC. The molecule has 0 aliphatic rings. The van der Waals surface area contributed by atoms with Gasteiger partial charge in [-0.3, -0.25) is 18.6 Å². The summed E-state index contributed by atoms with van der Waals surface area (Å²) in [5.41, 5.74) is 0. The van der Waals surface area contributed by atoms with E-state index in [1.807, 2.05) is 0 Å². The number of hydrogen-bond acceptors (Lipinski definition) is 9. The highest BCUT2D eigenvalue weighted by molar-refractivity contribution is 7.47. The fourth-order valence-corrected chi connectivity index (χ4v) is 5.34. The number of carbonyl (C=O) groups excluding carboxylic acids is 2. The lowest BCUT2D eigenvalue weighted by atomic mass is 10.1. The summed E-state index contributed by atoms with van der Waals surface area (Å²) in [6, 6.07) is 0. The van der Waals surface area contributed by atoms with Gasteiger partial charge in [-0.25, -0.2) is 4.57 Å². The Labute approximate surface area is 278 Å². The third kappa shape index (κ3) is 31.1. The second-order valence-corrected chi connectivity index (χ2v) is 13.4. The van der Waals surface area contributed by atoms with Gasteiger partial charge in [-0.05, 0) is 44.9 Å². The predicted octanol–water partition coefficient (Wildman–Crippen LogP) is 8.27. The first-order valence-electron chi connectivity index (χ1n) is 17.8. The van der Waals surface area contributed by atoms with Gasteiger partial charge in [0.2, 0.25) is 0 Å². The minimum absolute atomic E-state index is 0.178. The smallest absolute Gasteiger partial charge is 0.462 e. The van der Waals surface area contributed by atoms with E-state index < -0.39 is 51.8 Å². The molecule has 0 amide bonds. The molecular formula is C35H65O10P. The molecule has 0 heterocycles. The quantitative estimate of drug-likeness (QED) is 0.0268. The van der Waals surface area contributed by atoms with Crippen LogP contribution >= 0.6 is 7.82 Å². The van der Waals surface area contributed by atoms with Crippen molar-refractivity contribution in [3.63, 3.8) is 0 Å². The number of allylic oxidation sites excluding steroid dienone is 4. The van der Waals surface area contributed by atoms with E-state index in [0.717, 1.165) is 44.9 Å². The zero-order valence-corrected chi connectivity index (χ0v) is 29.7. The summed E-state index contributed by atoms with van der Waals surface area (Å²) in [7, 11) is -4.61. The minimum Gasteiger partial charge on any atom is -0.462 e. The van der Waals surface area contributed by atoms with Crippen LogP contribution in [0.1, 0.15) is 149 Å². The van der Waals surface area contributed by atoms with Gasteiger partial charge in [0.1, 0.15) is 12.7 Å². The molecule has 3 atom stereocenters. The number of unbranched alkanes of at least 4 members (excludes halogenated alkanes) is 15. The first-order chi connectivity index (χ1) is 22.2. The predicted molar refractivity (Wildman–Crippen MR) is 182 cm³/mol. The van der Waals surface area contributed by atoms with Gasteiger partial charge in [-0.15, -0.1) is 0 Å². The van der Waals surface area contributed by atoms with Gasteiger partial charge >= 0.3 is 19.8 Å². The third-order valence-electron chi connectivity index (χ3n) is 7.36. The van der Waals surface area contributed by atoms with Crippen molar-refractivity contribution >= 4 is 19.8 Å². The lowest BCUT2D eigenvalue weighted by molar-refractivity contribution is -0.161. The molecule has 0 aromatic rings. The van der Waals surface area contributed by atoms with Crippen molar-refractivity contribution in [3.8, 4) is 0 Å². The number of aliphatic hydroxyl groups is 2. The Morgan fingerprint density at radius 3 is 1.72 bits per heavy atom. The van der Waals surface area contributed by atoms with E-state index in [4.69, 9.17) is 19.1 Å². The fraction of sp³-hybridized carbons (Fsp3) is 0.829. The van der Waals surface area contributed by atoms with Gasteiger partial charge in [0, 0.05) is 12.8 Å². The highest BCUT2D eigenvalue weighted by atomic mass is 31.2. The van der Waals surface area contributed by atoms with Gasteiger partial charge < -0.3 is 24.6 Å². The molecule has 0 aromatic heterocycles.